The van der Waals surface area contributed by atoms with Gasteiger partial charge in [-0.15, -0.1) is 0 Å². The molecule has 4 heterocycles. The number of carbonyl (C=O) groups is 1. The normalized spacial score (nSPS) is 15.3. The van der Waals surface area contributed by atoms with E-state index in [0.29, 0.717) is 65.5 Å². The molecule has 2 saturated heterocycles. The average Bonchev–Trinajstić information content (AvgIpc) is 2.92. The maximum Gasteiger partial charge on any atom is 0.272 e. The van der Waals surface area contributed by atoms with E-state index in [-0.39, 0.29) is 29.7 Å². The van der Waals surface area contributed by atoms with E-state index in [1.807, 2.05) is 11.9 Å². The number of halogens is 1. The monoisotopic (exact) mass is 540 g/mol. The molecule has 40 heavy (non-hydrogen) atoms. The molecule has 0 saturated carbocycles. The number of hydrogen-bond donors (Lipinski definition) is 1. The number of aromatic amines is 1. The molecule has 1 amide bonds. The zero-order valence-corrected chi connectivity index (χ0v) is 21.6. The van der Waals surface area contributed by atoms with E-state index in [4.69, 9.17) is 14.7 Å². The third kappa shape index (κ3) is 4.85. The minimum atomic E-state index is -0.605. The third-order valence-corrected chi connectivity index (χ3v) is 7.32. The Kier molecular flexibility index (Phi) is 6.61. The lowest BCUT2D eigenvalue weighted by atomic mass is 10.00. The summed E-state index contributed by atoms with van der Waals surface area (Å²) in [7, 11) is 1.86. The number of anilines is 1. The Balaban J connectivity index is 1.19. The molecule has 0 radical (unpaired) electrons. The molecule has 2 aromatic carbocycles. The van der Waals surface area contributed by atoms with Crippen molar-refractivity contribution in [1.82, 2.24) is 20.1 Å². The fraction of sp³-hybridized carbons (Fsp3) is 0.276. The molecule has 2 aromatic heterocycles. The number of rotatable bonds is 7. The molecule has 0 spiro atoms. The number of benzene rings is 2. The van der Waals surface area contributed by atoms with Crippen molar-refractivity contribution >= 4 is 22.5 Å². The Hall–Kier alpha value is -4.82. The number of nitriles is 1. The molecule has 6 rings (SSSR count). The molecular formula is C29H25FN6O4. The van der Waals surface area contributed by atoms with Gasteiger partial charge in [-0.2, -0.15) is 10.4 Å². The van der Waals surface area contributed by atoms with Crippen molar-refractivity contribution in [3.8, 4) is 11.8 Å². The predicted molar refractivity (Wildman–Crippen MR) is 144 cm³/mol. The fourth-order valence-corrected chi connectivity index (χ4v) is 4.83. The van der Waals surface area contributed by atoms with Gasteiger partial charge in [-0.05, 0) is 48.0 Å². The van der Waals surface area contributed by atoms with E-state index in [1.54, 1.807) is 47.5 Å². The number of amides is 1. The van der Waals surface area contributed by atoms with Crippen LogP contribution in [0, 0.1) is 17.1 Å². The average molecular weight is 541 g/mol. The number of ether oxygens (including phenoxy) is 2. The van der Waals surface area contributed by atoms with Crippen LogP contribution in [0.2, 0.25) is 0 Å². The maximum atomic E-state index is 14.8. The molecule has 2 fully saturated rings. The standard InChI is InChI=1S/C29H25FN6O4/c1-35(27-10-18(12-31)6-7-32-27)19-13-36(14-19)29(38)24-8-17(2-5-25(24)30)9-26-23-11-20(40-21-15-39-16-21)3-4-22(23)28(37)34-33-26/h2-8,10-11,19,21H,9,13-16H2,1H3,(H,34,37). The molecule has 2 aliphatic heterocycles. The number of fused-ring (bicyclic) bond motifs is 1. The van der Waals surface area contributed by atoms with Crippen molar-refractivity contribution in [2.24, 2.45) is 0 Å². The van der Waals surface area contributed by atoms with Crippen molar-refractivity contribution in [2.45, 2.75) is 18.6 Å². The summed E-state index contributed by atoms with van der Waals surface area (Å²) >= 11 is 0. The zero-order chi connectivity index (χ0) is 27.8. The third-order valence-electron chi connectivity index (χ3n) is 7.32. The molecule has 2 aliphatic rings. The van der Waals surface area contributed by atoms with Crippen molar-refractivity contribution in [1.29, 1.82) is 5.26 Å². The zero-order valence-electron chi connectivity index (χ0n) is 21.6. The highest BCUT2D eigenvalue weighted by Crippen LogP contribution is 2.26. The molecule has 0 aliphatic carbocycles. The van der Waals surface area contributed by atoms with Gasteiger partial charge in [0.1, 0.15) is 23.5 Å². The lowest BCUT2D eigenvalue weighted by Crippen LogP contribution is -2.60. The highest BCUT2D eigenvalue weighted by atomic mass is 19.1. The molecule has 0 atom stereocenters. The minimum absolute atomic E-state index is 0.00347. The first-order chi connectivity index (χ1) is 19.4. The van der Waals surface area contributed by atoms with Gasteiger partial charge in [0.25, 0.3) is 11.5 Å². The van der Waals surface area contributed by atoms with Crippen LogP contribution >= 0.6 is 0 Å². The van der Waals surface area contributed by atoms with E-state index < -0.39 is 11.7 Å². The summed E-state index contributed by atoms with van der Waals surface area (Å²) in [5.41, 5.74) is 1.41. The number of carbonyl (C=O) groups excluding carboxylic acids is 1. The number of hydrogen-bond acceptors (Lipinski definition) is 8. The van der Waals surface area contributed by atoms with Crippen LogP contribution in [0.25, 0.3) is 10.8 Å². The Morgan fingerprint density at radius 2 is 2.02 bits per heavy atom. The summed E-state index contributed by atoms with van der Waals surface area (Å²) in [5.74, 6) is 0.239. The summed E-state index contributed by atoms with van der Waals surface area (Å²) in [5, 5.41) is 17.0. The van der Waals surface area contributed by atoms with Crippen LogP contribution in [0.3, 0.4) is 0 Å². The highest BCUT2D eigenvalue weighted by molar-refractivity contribution is 5.95. The lowest BCUT2D eigenvalue weighted by molar-refractivity contribution is -0.0796. The minimum Gasteiger partial charge on any atom is -0.486 e. The Labute approximate surface area is 228 Å². The van der Waals surface area contributed by atoms with E-state index in [9.17, 15) is 14.0 Å². The largest absolute Gasteiger partial charge is 0.486 e. The summed E-state index contributed by atoms with van der Waals surface area (Å²) < 4.78 is 25.9. The van der Waals surface area contributed by atoms with Crippen LogP contribution in [0.1, 0.15) is 27.2 Å². The summed E-state index contributed by atoms with van der Waals surface area (Å²) in [6, 6.07) is 15.1. The van der Waals surface area contributed by atoms with Crippen molar-refractivity contribution in [3.63, 3.8) is 0 Å². The van der Waals surface area contributed by atoms with Gasteiger partial charge in [-0.1, -0.05) is 6.07 Å². The second kappa shape index (κ2) is 10.4. The van der Waals surface area contributed by atoms with E-state index in [2.05, 4.69) is 21.3 Å². The first kappa shape index (κ1) is 25.5. The SMILES string of the molecule is CN(c1cc(C#N)ccn1)C1CN(C(=O)c2cc(Cc3n[nH]c(=O)c4ccc(OC5COC5)cc34)ccc2F)C1. The van der Waals surface area contributed by atoms with Gasteiger partial charge >= 0.3 is 0 Å². The molecule has 4 aromatic rings. The van der Waals surface area contributed by atoms with Gasteiger partial charge in [0.15, 0.2) is 0 Å². The first-order valence-electron chi connectivity index (χ1n) is 12.8. The number of nitrogens with one attached hydrogen (secondary N) is 1. The van der Waals surface area contributed by atoms with E-state index in [0.717, 1.165) is 0 Å². The van der Waals surface area contributed by atoms with Crippen molar-refractivity contribution in [2.75, 3.05) is 38.3 Å². The van der Waals surface area contributed by atoms with Gasteiger partial charge in [-0.3, -0.25) is 9.59 Å². The van der Waals surface area contributed by atoms with Crippen LogP contribution in [0.5, 0.6) is 5.75 Å². The quantitative estimate of drug-likeness (QED) is 0.380. The van der Waals surface area contributed by atoms with E-state index >= 15 is 0 Å². The maximum absolute atomic E-state index is 14.8. The van der Waals surface area contributed by atoms with Crippen molar-refractivity contribution < 1.29 is 18.7 Å². The van der Waals surface area contributed by atoms with Crippen LogP contribution in [-0.2, 0) is 11.2 Å². The van der Waals surface area contributed by atoms with Crippen molar-refractivity contribution in [3.05, 3.63) is 93.3 Å². The molecule has 202 valence electrons. The number of pyridine rings is 1. The first-order valence-corrected chi connectivity index (χ1v) is 12.8. The van der Waals surface area contributed by atoms with Gasteiger partial charge in [-0.25, -0.2) is 14.5 Å². The highest BCUT2D eigenvalue weighted by Gasteiger charge is 2.35. The topological polar surface area (TPSA) is 124 Å². The van der Waals surface area contributed by atoms with Gasteiger partial charge in [0, 0.05) is 38.1 Å². The summed E-state index contributed by atoms with van der Waals surface area (Å²) in [4.78, 5) is 33.4. The molecule has 1 N–H and O–H groups in total. The molecule has 10 nitrogen and oxygen atoms in total. The second-order valence-electron chi connectivity index (χ2n) is 9.96. The van der Waals surface area contributed by atoms with Crippen LogP contribution in [0.4, 0.5) is 10.2 Å². The van der Waals surface area contributed by atoms with Crippen LogP contribution in [0.15, 0.2) is 59.5 Å². The van der Waals surface area contributed by atoms with E-state index in [1.165, 1.54) is 12.1 Å². The fourth-order valence-electron chi connectivity index (χ4n) is 4.83. The van der Waals surface area contributed by atoms with Crippen LogP contribution in [-0.4, -0.2) is 71.5 Å². The molecule has 0 unspecified atom stereocenters. The Morgan fingerprint density at radius 1 is 1.20 bits per heavy atom. The lowest BCUT2D eigenvalue weighted by Gasteiger charge is -2.44. The second-order valence-corrected chi connectivity index (χ2v) is 9.96. The number of aromatic nitrogens is 3. The smallest absolute Gasteiger partial charge is 0.272 e. The molecule has 11 heteroatoms. The van der Waals surface area contributed by atoms with Gasteiger partial charge < -0.3 is 19.3 Å². The Bertz CT molecular complexity index is 1710. The molecular weight excluding hydrogens is 515 g/mol. The number of H-pyrrole nitrogens is 1. The van der Waals surface area contributed by atoms with Gasteiger partial charge in [0.05, 0.1) is 47.5 Å². The molecule has 0 bridgehead atoms. The summed E-state index contributed by atoms with van der Waals surface area (Å²) in [6.07, 6.45) is 1.82. The van der Waals surface area contributed by atoms with Gasteiger partial charge in [0.2, 0.25) is 0 Å². The predicted octanol–water partition coefficient (Wildman–Crippen LogP) is 2.66. The summed E-state index contributed by atoms with van der Waals surface area (Å²) in [6.45, 7) is 1.84. The Morgan fingerprint density at radius 3 is 2.77 bits per heavy atom. The van der Waals surface area contributed by atoms with Crippen LogP contribution < -0.4 is 15.2 Å². The number of nitrogens with zero attached hydrogens (tertiary/aromatic N) is 5. The number of likely N-dealkylation sites (N-methyl/N-ethyl adjacent to an activating group) is 1. The number of likely N-dealkylation sites (tertiary alicyclic amines) is 1.